The monoisotopic (exact) mass is 347 g/mol. The smallest absolute Gasteiger partial charge is 0.0780 e. The van der Waals surface area contributed by atoms with E-state index in [1.54, 1.807) is 0 Å². The number of rotatable bonds is 1. The summed E-state index contributed by atoms with van der Waals surface area (Å²) in [6, 6.07) is 24.2. The molecule has 1 aromatic heterocycles. The highest BCUT2D eigenvalue weighted by Crippen LogP contribution is 2.35. The highest BCUT2D eigenvalue weighted by atomic mass is 14.7. The minimum atomic E-state index is 1.06. The zero-order valence-corrected chi connectivity index (χ0v) is 15.9. The number of nitrogens with zero attached hydrogens (tertiary/aromatic N) is 1. The van der Waals surface area contributed by atoms with E-state index in [9.17, 15) is 0 Å². The average Bonchev–Trinajstić information content (AvgIpc) is 2.70. The van der Waals surface area contributed by atoms with Crippen LogP contribution in [-0.2, 0) is 0 Å². The molecule has 0 radical (unpaired) electrons. The zero-order valence-electron chi connectivity index (χ0n) is 15.9. The van der Waals surface area contributed by atoms with Gasteiger partial charge in [0, 0.05) is 17.1 Å². The minimum absolute atomic E-state index is 1.06. The van der Waals surface area contributed by atoms with Crippen LogP contribution >= 0.6 is 0 Å². The average molecular weight is 347 g/mol. The summed E-state index contributed by atoms with van der Waals surface area (Å²) in [5, 5.41) is 7.65. The lowest BCUT2D eigenvalue weighted by atomic mass is 9.93. The van der Waals surface area contributed by atoms with Gasteiger partial charge in [-0.05, 0) is 82.6 Å². The van der Waals surface area contributed by atoms with E-state index in [0.717, 1.165) is 5.69 Å². The summed E-state index contributed by atoms with van der Waals surface area (Å²) in [5.41, 5.74) is 6.25. The van der Waals surface area contributed by atoms with Crippen molar-refractivity contribution in [2.45, 2.75) is 20.8 Å². The lowest BCUT2D eigenvalue weighted by Gasteiger charge is -2.13. The van der Waals surface area contributed by atoms with Crippen molar-refractivity contribution in [1.82, 2.24) is 4.98 Å². The first-order valence-electron chi connectivity index (χ1n) is 9.41. The molecule has 0 spiro atoms. The largest absolute Gasteiger partial charge is 0.256 e. The van der Waals surface area contributed by atoms with Crippen LogP contribution in [0.3, 0.4) is 0 Å². The first-order chi connectivity index (χ1) is 13.1. The van der Waals surface area contributed by atoms with Gasteiger partial charge >= 0.3 is 0 Å². The third-order valence-corrected chi connectivity index (χ3v) is 5.87. The van der Waals surface area contributed by atoms with Crippen LogP contribution in [-0.4, -0.2) is 4.98 Å². The molecule has 1 heterocycles. The predicted molar refractivity (Wildman–Crippen MR) is 116 cm³/mol. The molecule has 0 saturated heterocycles. The van der Waals surface area contributed by atoms with Gasteiger partial charge in [0.05, 0.1) is 5.69 Å². The molecule has 4 aromatic carbocycles. The van der Waals surface area contributed by atoms with Gasteiger partial charge in [0.15, 0.2) is 0 Å². The van der Waals surface area contributed by atoms with Crippen molar-refractivity contribution in [2.24, 2.45) is 0 Å². The molecule has 1 nitrogen and oxygen atoms in total. The molecule has 130 valence electrons. The number of pyridine rings is 1. The molecule has 0 aliphatic carbocycles. The fourth-order valence-electron chi connectivity index (χ4n) is 4.16. The Kier molecular flexibility index (Phi) is 3.51. The molecule has 27 heavy (non-hydrogen) atoms. The van der Waals surface area contributed by atoms with Crippen LogP contribution in [0.4, 0.5) is 0 Å². The van der Waals surface area contributed by atoms with E-state index in [2.05, 4.69) is 87.5 Å². The Balaban J connectivity index is 1.86. The molecule has 0 unspecified atom stereocenters. The Morgan fingerprint density at radius 2 is 1.22 bits per heavy atom. The van der Waals surface area contributed by atoms with Gasteiger partial charge in [-0.1, -0.05) is 48.5 Å². The van der Waals surface area contributed by atoms with Gasteiger partial charge in [0.2, 0.25) is 0 Å². The molecule has 1 heteroatoms. The molecule has 0 amide bonds. The molecule has 5 rings (SSSR count). The van der Waals surface area contributed by atoms with Crippen LogP contribution in [0.2, 0.25) is 0 Å². The minimum Gasteiger partial charge on any atom is -0.256 e. The Hall–Kier alpha value is -3.19. The second-order valence-corrected chi connectivity index (χ2v) is 7.44. The van der Waals surface area contributed by atoms with E-state index >= 15 is 0 Å². The Bertz CT molecular complexity index is 1320. The Morgan fingerprint density at radius 3 is 2.04 bits per heavy atom. The fraction of sp³-hybridized carbons (Fsp3) is 0.115. The molecular weight excluding hydrogens is 326 g/mol. The van der Waals surface area contributed by atoms with Crippen LogP contribution in [0.25, 0.3) is 43.6 Å². The van der Waals surface area contributed by atoms with Gasteiger partial charge in [0.25, 0.3) is 0 Å². The van der Waals surface area contributed by atoms with Crippen LogP contribution in [0.5, 0.6) is 0 Å². The molecule has 0 atom stereocenters. The topological polar surface area (TPSA) is 12.9 Å². The summed E-state index contributed by atoms with van der Waals surface area (Å²) in [7, 11) is 0. The molecule has 0 aliphatic rings. The summed E-state index contributed by atoms with van der Waals surface area (Å²) < 4.78 is 0. The SMILES string of the molecule is Cc1cc(-c2nccc3c2ccc2c4ccccc4ccc32)cc(C)c1C. The molecule has 5 aromatic rings. The van der Waals surface area contributed by atoms with Crippen molar-refractivity contribution in [1.29, 1.82) is 0 Å². The van der Waals surface area contributed by atoms with Crippen molar-refractivity contribution in [2.75, 3.05) is 0 Å². The van der Waals surface area contributed by atoms with E-state index in [0.29, 0.717) is 0 Å². The first-order valence-corrected chi connectivity index (χ1v) is 9.41. The molecular formula is C26H21N. The third kappa shape index (κ3) is 2.43. The van der Waals surface area contributed by atoms with Crippen LogP contribution in [0.15, 0.2) is 72.9 Å². The van der Waals surface area contributed by atoms with Gasteiger partial charge in [-0.25, -0.2) is 0 Å². The summed E-state index contributed by atoms with van der Waals surface area (Å²) in [5.74, 6) is 0. The maximum absolute atomic E-state index is 4.76. The number of fused-ring (bicyclic) bond motifs is 5. The number of hydrogen-bond donors (Lipinski definition) is 0. The van der Waals surface area contributed by atoms with Gasteiger partial charge in [-0.3, -0.25) is 4.98 Å². The summed E-state index contributed by atoms with van der Waals surface area (Å²) in [6.07, 6.45) is 1.94. The fourth-order valence-corrected chi connectivity index (χ4v) is 4.16. The molecule has 0 bridgehead atoms. The number of benzene rings is 4. The highest BCUT2D eigenvalue weighted by molar-refractivity contribution is 6.18. The maximum Gasteiger partial charge on any atom is 0.0780 e. The zero-order chi connectivity index (χ0) is 18.5. The van der Waals surface area contributed by atoms with Crippen LogP contribution in [0, 0.1) is 20.8 Å². The molecule has 0 N–H and O–H groups in total. The Labute approximate surface area is 159 Å². The van der Waals surface area contributed by atoms with Crippen molar-refractivity contribution in [3.8, 4) is 11.3 Å². The van der Waals surface area contributed by atoms with E-state index in [4.69, 9.17) is 4.98 Å². The van der Waals surface area contributed by atoms with Crippen molar-refractivity contribution in [3.05, 3.63) is 89.6 Å². The van der Waals surface area contributed by atoms with Gasteiger partial charge in [-0.15, -0.1) is 0 Å². The normalized spacial score (nSPS) is 11.5. The molecule has 0 fully saturated rings. The standard InChI is InChI=1S/C26H21N/c1-16-14-20(15-17(2)18(16)3)26-25-11-10-22-21-7-5-4-6-19(21)8-9-23(22)24(25)12-13-27-26/h4-15H,1-3H3. The van der Waals surface area contributed by atoms with E-state index in [-0.39, 0.29) is 0 Å². The summed E-state index contributed by atoms with van der Waals surface area (Å²) >= 11 is 0. The van der Waals surface area contributed by atoms with E-state index in [1.807, 2.05) is 6.20 Å². The Morgan fingerprint density at radius 1 is 0.593 bits per heavy atom. The van der Waals surface area contributed by atoms with Gasteiger partial charge in [0.1, 0.15) is 0 Å². The predicted octanol–water partition coefficient (Wildman–Crippen LogP) is 7.13. The quantitative estimate of drug-likeness (QED) is 0.294. The highest BCUT2D eigenvalue weighted by Gasteiger charge is 2.11. The lowest BCUT2D eigenvalue weighted by molar-refractivity contribution is 1.25. The number of aromatic nitrogens is 1. The van der Waals surface area contributed by atoms with Crippen LogP contribution in [0.1, 0.15) is 16.7 Å². The second-order valence-electron chi connectivity index (χ2n) is 7.44. The van der Waals surface area contributed by atoms with Gasteiger partial charge in [-0.2, -0.15) is 0 Å². The molecule has 0 saturated carbocycles. The van der Waals surface area contributed by atoms with Crippen molar-refractivity contribution >= 4 is 32.3 Å². The van der Waals surface area contributed by atoms with E-state index in [1.165, 1.54) is 54.6 Å². The second kappa shape index (κ2) is 5.92. The number of hydrogen-bond acceptors (Lipinski definition) is 1. The number of aryl methyl sites for hydroxylation is 2. The van der Waals surface area contributed by atoms with Crippen molar-refractivity contribution < 1.29 is 0 Å². The van der Waals surface area contributed by atoms with Crippen LogP contribution < -0.4 is 0 Å². The maximum atomic E-state index is 4.76. The lowest BCUT2D eigenvalue weighted by Crippen LogP contribution is -1.92. The van der Waals surface area contributed by atoms with Gasteiger partial charge < -0.3 is 0 Å². The summed E-state index contributed by atoms with van der Waals surface area (Å²) in [4.78, 5) is 4.76. The first kappa shape index (κ1) is 16.0. The van der Waals surface area contributed by atoms with Crippen molar-refractivity contribution in [3.63, 3.8) is 0 Å². The van der Waals surface area contributed by atoms with E-state index < -0.39 is 0 Å². The third-order valence-electron chi connectivity index (χ3n) is 5.87. The molecule has 0 aliphatic heterocycles. The summed E-state index contributed by atoms with van der Waals surface area (Å²) in [6.45, 7) is 6.54.